The van der Waals surface area contributed by atoms with Gasteiger partial charge in [0.05, 0.1) is 0 Å². The van der Waals surface area contributed by atoms with Gasteiger partial charge in [0.1, 0.15) is 6.29 Å². The summed E-state index contributed by atoms with van der Waals surface area (Å²) < 4.78 is 0. The highest BCUT2D eigenvalue weighted by molar-refractivity contribution is 5.74. The molecule has 0 saturated heterocycles. The maximum absolute atomic E-state index is 10.3. The Hall–Kier alpha value is -0.590. The Morgan fingerprint density at radius 2 is 2.33 bits per heavy atom. The average Bonchev–Trinajstić information content (AvgIpc) is 2.15. The molecule has 0 saturated carbocycles. The molecule has 0 amide bonds. The smallest absolute Gasteiger partial charge is 0.145 e. The molecule has 1 nitrogen and oxygen atoms in total. The number of aldehydes is 1. The summed E-state index contributed by atoms with van der Waals surface area (Å²) in [6.45, 7) is 4.29. The fourth-order valence-corrected chi connectivity index (χ4v) is 1.20. The molecule has 1 aliphatic rings. The van der Waals surface area contributed by atoms with E-state index in [2.05, 4.69) is 13.8 Å². The van der Waals surface area contributed by atoms with E-state index in [1.165, 1.54) is 0 Å². The Morgan fingerprint density at radius 3 is 2.56 bits per heavy atom. The van der Waals surface area contributed by atoms with Crippen LogP contribution in [0.15, 0.2) is 11.6 Å². The fourth-order valence-electron chi connectivity index (χ4n) is 1.20. The van der Waals surface area contributed by atoms with Crippen molar-refractivity contribution in [2.75, 3.05) is 0 Å². The van der Waals surface area contributed by atoms with E-state index in [4.69, 9.17) is 0 Å². The Labute approximate surface area is 55.8 Å². The Balaban J connectivity index is 2.66. The molecule has 0 bridgehead atoms. The van der Waals surface area contributed by atoms with Crippen molar-refractivity contribution in [2.24, 2.45) is 11.8 Å². The second-order valence-electron chi connectivity index (χ2n) is 2.82. The van der Waals surface area contributed by atoms with Crippen molar-refractivity contribution in [3.8, 4) is 0 Å². The minimum absolute atomic E-state index is 0.488. The molecule has 0 heterocycles. The number of hydrogen-bond acceptors (Lipinski definition) is 1. The van der Waals surface area contributed by atoms with Gasteiger partial charge in [-0.25, -0.2) is 0 Å². The van der Waals surface area contributed by atoms with Crippen molar-refractivity contribution in [1.82, 2.24) is 0 Å². The van der Waals surface area contributed by atoms with Crippen molar-refractivity contribution in [3.05, 3.63) is 11.6 Å². The Bertz CT molecular complexity index is 147. The number of allylic oxidation sites excluding steroid dienone is 2. The lowest BCUT2D eigenvalue weighted by molar-refractivity contribution is -0.105. The molecule has 9 heavy (non-hydrogen) atoms. The van der Waals surface area contributed by atoms with Crippen LogP contribution in [0.1, 0.15) is 20.3 Å². The molecule has 0 aliphatic heterocycles. The summed E-state index contributed by atoms with van der Waals surface area (Å²) in [5, 5.41) is 0. The van der Waals surface area contributed by atoms with Crippen LogP contribution in [0.2, 0.25) is 0 Å². The zero-order valence-electron chi connectivity index (χ0n) is 5.92. The molecular weight excluding hydrogens is 112 g/mol. The highest BCUT2D eigenvalue weighted by Gasteiger charge is 2.20. The summed E-state index contributed by atoms with van der Waals surface area (Å²) >= 11 is 0. The molecular formula is C8H12O. The minimum atomic E-state index is 0.488. The van der Waals surface area contributed by atoms with Gasteiger partial charge in [0, 0.05) is 0 Å². The highest BCUT2D eigenvalue weighted by Crippen LogP contribution is 2.29. The molecule has 0 spiro atoms. The van der Waals surface area contributed by atoms with Gasteiger partial charge >= 0.3 is 0 Å². The third-order valence-electron chi connectivity index (χ3n) is 2.24. The first-order valence-corrected chi connectivity index (χ1v) is 3.41. The van der Waals surface area contributed by atoms with Crippen LogP contribution in [0, 0.1) is 11.8 Å². The molecule has 2 atom stereocenters. The molecule has 0 unspecified atom stereocenters. The predicted octanol–water partition coefficient (Wildman–Crippen LogP) is 1.79. The van der Waals surface area contributed by atoms with Crippen molar-refractivity contribution < 1.29 is 4.79 Å². The standard InChI is InChI=1S/C8H12O/c1-6-3-4-8(5-9)7(6)2/h4-7H,3H2,1-2H3/t6-,7-/m0/s1. The van der Waals surface area contributed by atoms with Crippen LogP contribution in [0.25, 0.3) is 0 Å². The van der Waals surface area contributed by atoms with Gasteiger partial charge in [0.25, 0.3) is 0 Å². The number of carbonyl (C=O) groups is 1. The van der Waals surface area contributed by atoms with Gasteiger partial charge in [-0.1, -0.05) is 19.9 Å². The average molecular weight is 124 g/mol. The molecule has 0 aromatic carbocycles. The topological polar surface area (TPSA) is 17.1 Å². The van der Waals surface area contributed by atoms with Crippen LogP contribution in [0.3, 0.4) is 0 Å². The molecule has 1 aliphatic carbocycles. The van der Waals surface area contributed by atoms with Crippen LogP contribution in [0.4, 0.5) is 0 Å². The van der Waals surface area contributed by atoms with Gasteiger partial charge < -0.3 is 0 Å². The van der Waals surface area contributed by atoms with E-state index >= 15 is 0 Å². The maximum Gasteiger partial charge on any atom is 0.145 e. The van der Waals surface area contributed by atoms with Crippen LogP contribution in [-0.4, -0.2) is 6.29 Å². The second kappa shape index (κ2) is 2.34. The van der Waals surface area contributed by atoms with Gasteiger partial charge in [-0.15, -0.1) is 0 Å². The summed E-state index contributed by atoms with van der Waals surface area (Å²) in [4.78, 5) is 10.3. The van der Waals surface area contributed by atoms with E-state index in [9.17, 15) is 4.79 Å². The van der Waals surface area contributed by atoms with Gasteiger partial charge in [-0.3, -0.25) is 4.79 Å². The van der Waals surface area contributed by atoms with E-state index in [0.717, 1.165) is 18.3 Å². The first-order valence-electron chi connectivity index (χ1n) is 3.41. The van der Waals surface area contributed by atoms with E-state index in [1.807, 2.05) is 6.08 Å². The number of carbonyl (C=O) groups excluding carboxylic acids is 1. The van der Waals surface area contributed by atoms with E-state index in [0.29, 0.717) is 11.8 Å². The van der Waals surface area contributed by atoms with Crippen molar-refractivity contribution in [1.29, 1.82) is 0 Å². The zero-order valence-corrected chi connectivity index (χ0v) is 5.92. The monoisotopic (exact) mass is 124 g/mol. The third-order valence-corrected chi connectivity index (χ3v) is 2.24. The van der Waals surface area contributed by atoms with Crippen LogP contribution >= 0.6 is 0 Å². The van der Waals surface area contributed by atoms with Gasteiger partial charge in [0.15, 0.2) is 0 Å². The largest absolute Gasteiger partial charge is 0.298 e. The maximum atomic E-state index is 10.3. The molecule has 1 heteroatoms. The predicted molar refractivity (Wildman–Crippen MR) is 37.1 cm³/mol. The van der Waals surface area contributed by atoms with Gasteiger partial charge in [-0.2, -0.15) is 0 Å². The summed E-state index contributed by atoms with van der Waals surface area (Å²) in [5.74, 6) is 1.16. The first kappa shape index (κ1) is 6.53. The third kappa shape index (κ3) is 1.04. The lowest BCUT2D eigenvalue weighted by Gasteiger charge is -2.08. The van der Waals surface area contributed by atoms with Crippen molar-refractivity contribution in [2.45, 2.75) is 20.3 Å². The van der Waals surface area contributed by atoms with E-state index in [1.54, 1.807) is 0 Å². The second-order valence-corrected chi connectivity index (χ2v) is 2.82. The zero-order chi connectivity index (χ0) is 6.85. The van der Waals surface area contributed by atoms with Crippen molar-refractivity contribution in [3.63, 3.8) is 0 Å². The molecule has 0 fully saturated rings. The summed E-state index contributed by atoms with van der Waals surface area (Å²) in [7, 11) is 0. The Kier molecular flexibility index (Phi) is 1.70. The van der Waals surface area contributed by atoms with Crippen LogP contribution < -0.4 is 0 Å². The summed E-state index contributed by atoms with van der Waals surface area (Å²) in [6, 6.07) is 0. The highest BCUT2D eigenvalue weighted by atomic mass is 16.1. The Morgan fingerprint density at radius 1 is 1.67 bits per heavy atom. The quantitative estimate of drug-likeness (QED) is 0.487. The fraction of sp³-hybridized carbons (Fsp3) is 0.625. The lowest BCUT2D eigenvalue weighted by atomic mass is 9.96. The molecule has 0 aromatic heterocycles. The molecule has 0 aromatic rings. The molecule has 50 valence electrons. The number of hydrogen-bond donors (Lipinski definition) is 0. The summed E-state index contributed by atoms with van der Waals surface area (Å²) in [5.41, 5.74) is 0.988. The molecule has 1 rings (SSSR count). The van der Waals surface area contributed by atoms with E-state index < -0.39 is 0 Å². The van der Waals surface area contributed by atoms with E-state index in [-0.39, 0.29) is 0 Å². The molecule has 0 N–H and O–H groups in total. The SMILES string of the molecule is C[C@@H]1C(C=O)=CC[C@@H]1C. The normalized spacial score (nSPS) is 34.2. The van der Waals surface area contributed by atoms with Gasteiger partial charge in [-0.05, 0) is 23.8 Å². The van der Waals surface area contributed by atoms with Crippen LogP contribution in [0.5, 0.6) is 0 Å². The first-order chi connectivity index (χ1) is 4.25. The summed E-state index contributed by atoms with van der Waals surface area (Å²) in [6.07, 6.45) is 4.10. The molecule has 0 radical (unpaired) electrons. The minimum Gasteiger partial charge on any atom is -0.298 e. The lowest BCUT2D eigenvalue weighted by Crippen LogP contribution is -2.03. The van der Waals surface area contributed by atoms with Crippen LogP contribution in [-0.2, 0) is 4.79 Å². The van der Waals surface area contributed by atoms with Crippen molar-refractivity contribution >= 4 is 6.29 Å². The van der Waals surface area contributed by atoms with Gasteiger partial charge in [0.2, 0.25) is 0 Å². The number of rotatable bonds is 1.